The van der Waals surface area contributed by atoms with Crippen LogP contribution >= 0.6 is 0 Å². The monoisotopic (exact) mass is 392 g/mol. The van der Waals surface area contributed by atoms with Crippen molar-refractivity contribution in [3.05, 3.63) is 24.0 Å². The molecule has 0 unspecified atom stereocenters. The Morgan fingerprint density at radius 2 is 2.18 bits per heavy atom. The SMILES string of the molecule is N#Cc1cnc2[nH]ccc2c1N[C@H]1CN(C(=O)NCC(F)(F)F)C[C@H]1C1CC1. The van der Waals surface area contributed by atoms with Crippen LogP contribution in [0.15, 0.2) is 18.5 Å². The normalized spacial score (nSPS) is 22.3. The van der Waals surface area contributed by atoms with Gasteiger partial charge in [0.2, 0.25) is 0 Å². The molecule has 2 aromatic heterocycles. The number of rotatable bonds is 4. The highest BCUT2D eigenvalue weighted by molar-refractivity contribution is 5.92. The second kappa shape index (κ2) is 6.89. The molecule has 0 spiro atoms. The van der Waals surface area contributed by atoms with E-state index < -0.39 is 18.8 Å². The molecule has 2 fully saturated rings. The second-order valence-corrected chi connectivity index (χ2v) is 7.33. The van der Waals surface area contributed by atoms with Crippen LogP contribution in [-0.4, -0.2) is 52.8 Å². The van der Waals surface area contributed by atoms with Crippen LogP contribution in [0.3, 0.4) is 0 Å². The Balaban J connectivity index is 1.53. The molecule has 4 rings (SSSR count). The van der Waals surface area contributed by atoms with Gasteiger partial charge in [0.05, 0.1) is 11.3 Å². The Kier molecular flexibility index (Phi) is 4.53. The molecule has 3 N–H and O–H groups in total. The summed E-state index contributed by atoms with van der Waals surface area (Å²) in [5.41, 5.74) is 1.67. The highest BCUT2D eigenvalue weighted by Crippen LogP contribution is 2.43. The number of carbonyl (C=O) groups is 1. The molecule has 10 heteroatoms. The zero-order valence-electron chi connectivity index (χ0n) is 14.9. The predicted octanol–water partition coefficient (Wildman–Crippen LogP) is 2.83. The van der Waals surface area contributed by atoms with Crippen molar-refractivity contribution in [2.45, 2.75) is 25.1 Å². The van der Waals surface area contributed by atoms with Crippen LogP contribution in [0.5, 0.6) is 0 Å². The highest BCUT2D eigenvalue weighted by atomic mass is 19.4. The lowest BCUT2D eigenvalue weighted by Gasteiger charge is -2.21. The molecule has 2 aliphatic rings. The number of aromatic nitrogens is 2. The van der Waals surface area contributed by atoms with Crippen molar-refractivity contribution < 1.29 is 18.0 Å². The zero-order valence-corrected chi connectivity index (χ0v) is 14.9. The number of halogens is 3. The molecule has 2 amide bonds. The number of nitriles is 1. The minimum Gasteiger partial charge on any atom is -0.378 e. The van der Waals surface area contributed by atoms with Gasteiger partial charge in [-0.25, -0.2) is 9.78 Å². The predicted molar refractivity (Wildman–Crippen MR) is 95.5 cm³/mol. The first-order valence-corrected chi connectivity index (χ1v) is 9.08. The number of anilines is 1. The van der Waals surface area contributed by atoms with E-state index in [1.165, 1.54) is 11.1 Å². The lowest BCUT2D eigenvalue weighted by molar-refractivity contribution is -0.123. The van der Waals surface area contributed by atoms with Crippen LogP contribution in [0, 0.1) is 23.2 Å². The first kappa shape index (κ1) is 18.4. The average molecular weight is 392 g/mol. The van der Waals surface area contributed by atoms with Gasteiger partial charge in [-0.2, -0.15) is 18.4 Å². The number of nitrogens with one attached hydrogen (secondary N) is 3. The summed E-state index contributed by atoms with van der Waals surface area (Å²) >= 11 is 0. The van der Waals surface area contributed by atoms with Crippen LogP contribution in [0.1, 0.15) is 18.4 Å². The van der Waals surface area contributed by atoms with Gasteiger partial charge < -0.3 is 20.5 Å². The molecule has 1 aliphatic heterocycles. The third kappa shape index (κ3) is 3.69. The van der Waals surface area contributed by atoms with Gasteiger partial charge in [-0.1, -0.05) is 0 Å². The number of aromatic amines is 1. The summed E-state index contributed by atoms with van der Waals surface area (Å²) in [7, 11) is 0. The number of urea groups is 1. The third-order valence-corrected chi connectivity index (χ3v) is 5.36. The summed E-state index contributed by atoms with van der Waals surface area (Å²) < 4.78 is 37.2. The Bertz CT molecular complexity index is 930. The first-order valence-electron chi connectivity index (χ1n) is 9.08. The van der Waals surface area contributed by atoms with E-state index in [2.05, 4.69) is 21.4 Å². The van der Waals surface area contributed by atoms with Gasteiger partial charge in [0, 0.05) is 42.8 Å². The summed E-state index contributed by atoms with van der Waals surface area (Å²) in [6.07, 6.45) is 0.856. The maximum absolute atomic E-state index is 12.4. The average Bonchev–Trinajstić information content (AvgIpc) is 3.22. The Morgan fingerprint density at radius 1 is 1.39 bits per heavy atom. The number of amides is 2. The largest absolute Gasteiger partial charge is 0.405 e. The lowest BCUT2D eigenvalue weighted by Crippen LogP contribution is -2.43. The van der Waals surface area contributed by atoms with Crippen LogP contribution in [0.2, 0.25) is 0 Å². The molecule has 0 aromatic carbocycles. The standard InChI is InChI=1S/C18H19F3N6O/c19-18(20,21)9-25-17(28)27-7-13(10-1-2-10)14(8-27)26-15-11(5-22)6-24-16-12(15)3-4-23-16/h3-4,6,10,13-14H,1-2,7-9H2,(H,25,28)(H2,23,24,26)/t13-,14-/m0/s1. The minimum atomic E-state index is -4.44. The smallest absolute Gasteiger partial charge is 0.378 e. The van der Waals surface area contributed by atoms with Gasteiger partial charge >= 0.3 is 12.2 Å². The fourth-order valence-electron chi connectivity index (χ4n) is 3.87. The van der Waals surface area contributed by atoms with Gasteiger partial charge in [0.1, 0.15) is 18.3 Å². The number of carbonyl (C=O) groups excluding carboxylic acids is 1. The van der Waals surface area contributed by atoms with Crippen LogP contribution in [0.4, 0.5) is 23.7 Å². The molecule has 1 saturated heterocycles. The van der Waals surface area contributed by atoms with Crippen molar-refractivity contribution in [1.29, 1.82) is 5.26 Å². The van der Waals surface area contributed by atoms with Crippen molar-refractivity contribution in [2.75, 3.05) is 25.0 Å². The molecule has 28 heavy (non-hydrogen) atoms. The molecule has 0 radical (unpaired) electrons. The zero-order chi connectivity index (χ0) is 19.9. The summed E-state index contributed by atoms with van der Waals surface area (Å²) in [4.78, 5) is 20.8. The number of hydrogen-bond acceptors (Lipinski definition) is 4. The molecular formula is C18H19F3N6O. The fraction of sp³-hybridized carbons (Fsp3) is 0.500. The third-order valence-electron chi connectivity index (χ3n) is 5.36. The van der Waals surface area contributed by atoms with Gasteiger partial charge in [0.25, 0.3) is 0 Å². The second-order valence-electron chi connectivity index (χ2n) is 7.33. The molecule has 2 atom stereocenters. The van der Waals surface area contributed by atoms with E-state index in [-0.39, 0.29) is 18.5 Å². The number of nitrogens with zero attached hydrogens (tertiary/aromatic N) is 3. The molecular weight excluding hydrogens is 373 g/mol. The van der Waals surface area contributed by atoms with E-state index in [0.717, 1.165) is 18.2 Å². The van der Waals surface area contributed by atoms with Gasteiger partial charge in [-0.3, -0.25) is 0 Å². The molecule has 148 valence electrons. The highest BCUT2D eigenvalue weighted by Gasteiger charge is 2.44. The number of alkyl halides is 3. The summed E-state index contributed by atoms with van der Waals surface area (Å²) in [6, 6.07) is 3.09. The Labute approximate surface area is 158 Å². The van der Waals surface area contributed by atoms with Crippen molar-refractivity contribution in [3.63, 3.8) is 0 Å². The van der Waals surface area contributed by atoms with Crippen molar-refractivity contribution in [2.24, 2.45) is 11.8 Å². The van der Waals surface area contributed by atoms with E-state index in [1.54, 1.807) is 6.20 Å². The maximum Gasteiger partial charge on any atom is 0.405 e. The van der Waals surface area contributed by atoms with E-state index in [0.29, 0.717) is 29.4 Å². The number of likely N-dealkylation sites (tertiary alicyclic amines) is 1. The van der Waals surface area contributed by atoms with Crippen molar-refractivity contribution in [1.82, 2.24) is 20.2 Å². The van der Waals surface area contributed by atoms with Crippen LogP contribution < -0.4 is 10.6 Å². The maximum atomic E-state index is 12.4. The molecule has 7 nitrogen and oxygen atoms in total. The molecule has 1 saturated carbocycles. The van der Waals surface area contributed by atoms with E-state index in [4.69, 9.17) is 0 Å². The van der Waals surface area contributed by atoms with Crippen molar-refractivity contribution in [3.8, 4) is 6.07 Å². The topological polar surface area (TPSA) is 96.8 Å². The fourth-order valence-corrected chi connectivity index (χ4v) is 3.87. The first-order chi connectivity index (χ1) is 13.4. The Hall–Kier alpha value is -2.96. The van der Waals surface area contributed by atoms with Gasteiger partial charge in [0.15, 0.2) is 0 Å². The minimum absolute atomic E-state index is 0.130. The van der Waals surface area contributed by atoms with Crippen LogP contribution in [-0.2, 0) is 0 Å². The quantitative estimate of drug-likeness (QED) is 0.745. The van der Waals surface area contributed by atoms with E-state index >= 15 is 0 Å². The molecule has 2 aromatic rings. The van der Waals surface area contributed by atoms with Crippen molar-refractivity contribution >= 4 is 22.8 Å². The number of fused-ring (bicyclic) bond motifs is 1. The Morgan fingerprint density at radius 3 is 2.86 bits per heavy atom. The summed E-state index contributed by atoms with van der Waals surface area (Å²) in [5, 5.41) is 15.5. The van der Waals surface area contributed by atoms with Gasteiger partial charge in [-0.05, 0) is 24.8 Å². The molecule has 0 bridgehead atoms. The molecule has 3 heterocycles. The number of pyridine rings is 1. The number of H-pyrrole nitrogens is 1. The lowest BCUT2D eigenvalue weighted by atomic mass is 9.97. The molecule has 1 aliphatic carbocycles. The van der Waals surface area contributed by atoms with E-state index in [1.807, 2.05) is 11.4 Å². The summed E-state index contributed by atoms with van der Waals surface area (Å²) in [6.45, 7) is -0.666. The van der Waals surface area contributed by atoms with E-state index in [9.17, 15) is 23.2 Å². The number of hydrogen-bond donors (Lipinski definition) is 3. The van der Waals surface area contributed by atoms with Crippen LogP contribution in [0.25, 0.3) is 11.0 Å². The van der Waals surface area contributed by atoms with Gasteiger partial charge in [-0.15, -0.1) is 0 Å². The summed E-state index contributed by atoms with van der Waals surface area (Å²) in [5.74, 6) is 0.567.